The molecule has 0 atom stereocenters. The lowest BCUT2D eigenvalue weighted by Crippen LogP contribution is -1.94. The van der Waals surface area contributed by atoms with E-state index in [-0.39, 0.29) is 6.61 Å². The van der Waals surface area contributed by atoms with Crippen LogP contribution < -0.4 is 0 Å². The van der Waals surface area contributed by atoms with E-state index < -0.39 is 16.5 Å². The Kier molecular flexibility index (Phi) is 2.20. The van der Waals surface area contributed by atoms with Gasteiger partial charge in [0.25, 0.3) is 0 Å². The summed E-state index contributed by atoms with van der Waals surface area (Å²) in [5.41, 5.74) is 0.332. The molecule has 1 aromatic rings. The van der Waals surface area contributed by atoms with Crippen LogP contribution in [0.2, 0.25) is 0 Å². The molecule has 1 rings (SSSR count). The zero-order chi connectivity index (χ0) is 9.14. The number of nitro groups is 1. The zero-order valence-corrected chi connectivity index (χ0v) is 5.97. The second kappa shape index (κ2) is 3.14. The molecule has 0 aliphatic carbocycles. The van der Waals surface area contributed by atoms with E-state index in [1.54, 1.807) is 0 Å². The molecule has 2 N–H and O–H groups in total. The van der Waals surface area contributed by atoms with Gasteiger partial charge in [-0.25, -0.2) is 0 Å². The van der Waals surface area contributed by atoms with E-state index in [0.29, 0.717) is 5.56 Å². The normalized spacial score (nSPS) is 9.75. The summed E-state index contributed by atoms with van der Waals surface area (Å²) in [6, 6.07) is 1.10. The van der Waals surface area contributed by atoms with E-state index in [1.807, 2.05) is 0 Å². The van der Waals surface area contributed by atoms with Crippen molar-refractivity contribution in [3.8, 4) is 5.75 Å². The monoisotopic (exact) mass is 170 g/mol. The Morgan fingerprint density at radius 3 is 2.75 bits per heavy atom. The topological polar surface area (TPSA) is 96.5 Å². The first-order valence-corrected chi connectivity index (χ1v) is 3.08. The average molecular weight is 170 g/mol. The van der Waals surface area contributed by atoms with Gasteiger partial charge in [0.1, 0.15) is 6.20 Å². The third kappa shape index (κ3) is 1.48. The lowest BCUT2D eigenvalue weighted by atomic mass is 10.3. The van der Waals surface area contributed by atoms with Crippen LogP contribution in [-0.2, 0) is 6.61 Å². The van der Waals surface area contributed by atoms with Crippen molar-refractivity contribution in [2.45, 2.75) is 6.61 Å². The Labute approximate surface area is 67.3 Å². The highest BCUT2D eigenvalue weighted by atomic mass is 16.6. The van der Waals surface area contributed by atoms with Crippen LogP contribution in [0.1, 0.15) is 5.56 Å². The minimum atomic E-state index is -0.795. The van der Waals surface area contributed by atoms with Gasteiger partial charge in [-0.15, -0.1) is 0 Å². The Bertz CT molecular complexity index is 312. The highest BCUT2D eigenvalue weighted by Gasteiger charge is 2.14. The smallest absolute Gasteiger partial charge is 0.405 e. The van der Waals surface area contributed by atoms with Crippen molar-refractivity contribution in [1.29, 1.82) is 0 Å². The summed E-state index contributed by atoms with van der Waals surface area (Å²) in [6.07, 6.45) is 1.14. The Morgan fingerprint density at radius 2 is 2.33 bits per heavy atom. The third-order valence-corrected chi connectivity index (χ3v) is 1.26. The van der Waals surface area contributed by atoms with Crippen molar-refractivity contribution >= 4 is 5.82 Å². The molecule has 0 fully saturated rings. The van der Waals surface area contributed by atoms with Crippen LogP contribution in [0, 0.1) is 10.1 Å². The van der Waals surface area contributed by atoms with E-state index in [9.17, 15) is 10.1 Å². The fourth-order valence-electron chi connectivity index (χ4n) is 0.715. The molecule has 0 saturated heterocycles. The molecule has 6 heteroatoms. The van der Waals surface area contributed by atoms with E-state index in [2.05, 4.69) is 4.98 Å². The van der Waals surface area contributed by atoms with Crippen molar-refractivity contribution in [3.63, 3.8) is 0 Å². The molecule has 0 bridgehead atoms. The molecule has 0 spiro atoms. The maximum atomic E-state index is 10.1. The molecule has 1 aromatic heterocycles. The molecule has 64 valence electrons. The minimum absolute atomic E-state index is 0.307. The van der Waals surface area contributed by atoms with Gasteiger partial charge in [0.2, 0.25) is 5.75 Å². The Hall–Kier alpha value is -1.69. The number of hydrogen-bond donors (Lipinski definition) is 2. The number of aliphatic hydroxyl groups excluding tert-OH is 1. The molecule has 0 unspecified atom stereocenters. The average Bonchev–Trinajstić information content (AvgIpc) is 2.03. The summed E-state index contributed by atoms with van der Waals surface area (Å²) in [6.45, 7) is -0.307. The molecule has 0 aliphatic heterocycles. The van der Waals surface area contributed by atoms with Gasteiger partial charge < -0.3 is 20.3 Å². The van der Waals surface area contributed by atoms with Crippen LogP contribution >= 0.6 is 0 Å². The number of rotatable bonds is 2. The summed E-state index contributed by atoms with van der Waals surface area (Å²) in [7, 11) is 0. The molecule has 0 saturated carbocycles. The van der Waals surface area contributed by atoms with E-state index >= 15 is 0 Å². The van der Waals surface area contributed by atoms with Gasteiger partial charge in [0.05, 0.1) is 6.61 Å². The fraction of sp³-hybridized carbons (Fsp3) is 0.167. The number of aromatic hydroxyl groups is 1. The Balaban J connectivity index is 3.12. The molecule has 0 aliphatic rings. The van der Waals surface area contributed by atoms with Crippen LogP contribution in [0.4, 0.5) is 5.82 Å². The summed E-state index contributed by atoms with van der Waals surface area (Å²) in [5, 5.41) is 27.7. The number of hydrogen-bond acceptors (Lipinski definition) is 5. The molecule has 6 nitrogen and oxygen atoms in total. The quantitative estimate of drug-likeness (QED) is 0.487. The summed E-state index contributed by atoms with van der Waals surface area (Å²) in [5.74, 6) is -1.14. The van der Waals surface area contributed by atoms with Gasteiger partial charge in [-0.3, -0.25) is 0 Å². The lowest BCUT2D eigenvalue weighted by Gasteiger charge is -1.96. The van der Waals surface area contributed by atoms with Gasteiger partial charge >= 0.3 is 5.82 Å². The first-order chi connectivity index (χ1) is 5.65. The summed E-state index contributed by atoms with van der Waals surface area (Å²) >= 11 is 0. The highest BCUT2D eigenvalue weighted by molar-refractivity contribution is 5.39. The van der Waals surface area contributed by atoms with Gasteiger partial charge in [0, 0.05) is 5.56 Å². The van der Waals surface area contributed by atoms with Crippen molar-refractivity contribution in [2.75, 3.05) is 0 Å². The second-order valence-corrected chi connectivity index (χ2v) is 2.10. The van der Waals surface area contributed by atoms with Gasteiger partial charge in [-0.2, -0.15) is 0 Å². The summed E-state index contributed by atoms with van der Waals surface area (Å²) < 4.78 is 0. The van der Waals surface area contributed by atoms with Crippen LogP contribution in [0.3, 0.4) is 0 Å². The van der Waals surface area contributed by atoms with Crippen molar-refractivity contribution < 1.29 is 15.1 Å². The van der Waals surface area contributed by atoms with E-state index in [4.69, 9.17) is 10.2 Å². The molecule has 1 heterocycles. The highest BCUT2D eigenvalue weighted by Crippen LogP contribution is 2.22. The van der Waals surface area contributed by atoms with Gasteiger partial charge in [-0.05, 0) is 16.0 Å². The van der Waals surface area contributed by atoms with Crippen LogP contribution in [-0.4, -0.2) is 20.1 Å². The number of nitrogens with zero attached hydrogens (tertiary/aromatic N) is 2. The van der Waals surface area contributed by atoms with Crippen LogP contribution in [0.15, 0.2) is 12.3 Å². The molecule has 12 heavy (non-hydrogen) atoms. The molecular weight excluding hydrogens is 164 g/mol. The van der Waals surface area contributed by atoms with Gasteiger partial charge in [0.15, 0.2) is 0 Å². The predicted molar refractivity (Wildman–Crippen MR) is 38.5 cm³/mol. The molecule has 0 aromatic carbocycles. The van der Waals surface area contributed by atoms with Gasteiger partial charge in [-0.1, -0.05) is 0 Å². The molecule has 0 radical (unpaired) electrons. The minimum Gasteiger partial charge on any atom is -0.501 e. The first-order valence-electron chi connectivity index (χ1n) is 3.08. The number of aliphatic hydroxyl groups is 1. The van der Waals surface area contributed by atoms with Crippen molar-refractivity contribution in [2.24, 2.45) is 0 Å². The van der Waals surface area contributed by atoms with E-state index in [1.165, 1.54) is 0 Å². The largest absolute Gasteiger partial charge is 0.501 e. The molecular formula is C6H6N2O4. The SMILES string of the molecule is O=[N+]([O-])c1ncc(CO)cc1O. The third-order valence-electron chi connectivity index (χ3n) is 1.26. The fourth-order valence-corrected chi connectivity index (χ4v) is 0.715. The molecule has 0 amide bonds. The lowest BCUT2D eigenvalue weighted by molar-refractivity contribution is -0.390. The number of pyridine rings is 1. The maximum absolute atomic E-state index is 10.1. The van der Waals surface area contributed by atoms with Crippen molar-refractivity contribution in [1.82, 2.24) is 4.98 Å². The number of aromatic nitrogens is 1. The summed E-state index contributed by atoms with van der Waals surface area (Å²) in [4.78, 5) is 12.7. The van der Waals surface area contributed by atoms with E-state index in [0.717, 1.165) is 12.3 Å². The van der Waals surface area contributed by atoms with Crippen molar-refractivity contribution in [3.05, 3.63) is 27.9 Å². The van der Waals surface area contributed by atoms with Crippen LogP contribution in [0.5, 0.6) is 5.75 Å². The second-order valence-electron chi connectivity index (χ2n) is 2.10. The maximum Gasteiger partial charge on any atom is 0.405 e. The zero-order valence-electron chi connectivity index (χ0n) is 5.97. The standard InChI is InChI=1S/C6H6N2O4/c9-3-4-1-5(10)6(7-2-4)8(11)12/h1-2,9-10H,3H2. The first kappa shape index (κ1) is 8.41. The Morgan fingerprint density at radius 1 is 1.67 bits per heavy atom. The van der Waals surface area contributed by atoms with Crippen LogP contribution in [0.25, 0.3) is 0 Å². The predicted octanol–water partition coefficient (Wildman–Crippen LogP) is 0.188.